The molecule has 0 saturated carbocycles. The van der Waals surface area contributed by atoms with Crippen molar-refractivity contribution in [1.29, 1.82) is 0 Å². The number of aromatic nitrogens is 1. The van der Waals surface area contributed by atoms with Crippen molar-refractivity contribution in [2.75, 3.05) is 19.0 Å². The molecule has 1 aliphatic heterocycles. The van der Waals surface area contributed by atoms with E-state index in [1.54, 1.807) is 21.0 Å². The summed E-state index contributed by atoms with van der Waals surface area (Å²) in [4.78, 5) is 43.1. The number of nitrogens with one attached hydrogen (secondary N) is 2. The van der Waals surface area contributed by atoms with E-state index in [1.807, 2.05) is 31.2 Å². The number of ether oxygens (including phenoxy) is 1. The van der Waals surface area contributed by atoms with Gasteiger partial charge < -0.3 is 15.4 Å². The van der Waals surface area contributed by atoms with Crippen molar-refractivity contribution in [3.8, 4) is 17.0 Å². The Morgan fingerprint density at radius 3 is 2.57 bits per heavy atom. The van der Waals surface area contributed by atoms with E-state index in [9.17, 15) is 14.4 Å². The molecule has 0 spiro atoms. The van der Waals surface area contributed by atoms with E-state index < -0.39 is 23.4 Å². The van der Waals surface area contributed by atoms with Gasteiger partial charge in [-0.25, -0.2) is 9.78 Å². The molecule has 4 amide bonds. The quantitative estimate of drug-likeness (QED) is 0.724. The summed E-state index contributed by atoms with van der Waals surface area (Å²) >= 11 is 1.33. The number of anilines is 1. The van der Waals surface area contributed by atoms with Crippen LogP contribution in [0.4, 0.5) is 9.93 Å². The third-order valence-electron chi connectivity index (χ3n) is 4.76. The predicted molar refractivity (Wildman–Crippen MR) is 106 cm³/mol. The Morgan fingerprint density at radius 2 is 2.00 bits per heavy atom. The number of urea groups is 1. The normalized spacial score (nSPS) is 18.9. The molecule has 0 unspecified atom stereocenters. The first kappa shape index (κ1) is 19.8. The molecule has 2 heterocycles. The van der Waals surface area contributed by atoms with E-state index in [2.05, 4.69) is 15.6 Å². The summed E-state index contributed by atoms with van der Waals surface area (Å²) in [5.74, 6) is -0.124. The van der Waals surface area contributed by atoms with Crippen LogP contribution in [-0.4, -0.2) is 46.9 Å². The molecule has 2 N–H and O–H groups in total. The second-order valence-electron chi connectivity index (χ2n) is 6.71. The summed E-state index contributed by atoms with van der Waals surface area (Å²) in [5, 5.41) is 5.72. The minimum absolute atomic E-state index is 0.350. The molecule has 3 rings (SSSR count). The van der Waals surface area contributed by atoms with Gasteiger partial charge in [-0.1, -0.05) is 6.92 Å². The maximum atomic E-state index is 12.4. The van der Waals surface area contributed by atoms with Crippen molar-refractivity contribution in [3.63, 3.8) is 0 Å². The minimum Gasteiger partial charge on any atom is -0.497 e. The summed E-state index contributed by atoms with van der Waals surface area (Å²) in [6.07, 6.45) is 0.451. The Kier molecular flexibility index (Phi) is 5.37. The van der Waals surface area contributed by atoms with Crippen molar-refractivity contribution < 1.29 is 19.1 Å². The summed E-state index contributed by atoms with van der Waals surface area (Å²) in [5.41, 5.74) is 0.704. The number of hydrogen-bond acceptors (Lipinski definition) is 6. The van der Waals surface area contributed by atoms with Gasteiger partial charge in [0.2, 0.25) is 5.91 Å². The zero-order valence-electron chi connectivity index (χ0n) is 16.2. The van der Waals surface area contributed by atoms with E-state index in [4.69, 9.17) is 4.74 Å². The fourth-order valence-electron chi connectivity index (χ4n) is 2.90. The van der Waals surface area contributed by atoms with Crippen LogP contribution in [-0.2, 0) is 9.59 Å². The zero-order valence-corrected chi connectivity index (χ0v) is 17.0. The fourth-order valence-corrected chi connectivity index (χ4v) is 3.75. The van der Waals surface area contributed by atoms with Crippen molar-refractivity contribution in [3.05, 3.63) is 29.1 Å². The third-order valence-corrected chi connectivity index (χ3v) is 5.65. The summed E-state index contributed by atoms with van der Waals surface area (Å²) in [7, 11) is 1.60. The molecule has 0 radical (unpaired) electrons. The SMILES string of the molecule is CC[C@]1(C)NC(=O)N(CC(=O)Nc2nc(-c3ccc(OC)cc3)c(C)s2)C1=O. The topological polar surface area (TPSA) is 101 Å². The molecule has 1 atom stereocenters. The summed E-state index contributed by atoms with van der Waals surface area (Å²) < 4.78 is 5.16. The number of aryl methyl sites for hydroxylation is 1. The highest BCUT2D eigenvalue weighted by molar-refractivity contribution is 7.16. The molecule has 28 heavy (non-hydrogen) atoms. The number of hydrogen-bond donors (Lipinski definition) is 2. The van der Waals surface area contributed by atoms with Gasteiger partial charge in [-0.3, -0.25) is 14.5 Å². The van der Waals surface area contributed by atoms with Gasteiger partial charge in [0.1, 0.15) is 17.8 Å². The Labute approximate surface area is 166 Å². The van der Waals surface area contributed by atoms with Crippen LogP contribution in [0.2, 0.25) is 0 Å². The highest BCUT2D eigenvalue weighted by Gasteiger charge is 2.47. The van der Waals surface area contributed by atoms with Crippen LogP contribution >= 0.6 is 11.3 Å². The average molecular weight is 402 g/mol. The lowest BCUT2D eigenvalue weighted by Crippen LogP contribution is -2.44. The van der Waals surface area contributed by atoms with Crippen LogP contribution in [0.25, 0.3) is 11.3 Å². The van der Waals surface area contributed by atoms with Crippen LogP contribution < -0.4 is 15.4 Å². The van der Waals surface area contributed by atoms with Gasteiger partial charge in [0.05, 0.1) is 12.8 Å². The lowest BCUT2D eigenvalue weighted by atomic mass is 9.99. The fraction of sp³-hybridized carbons (Fsp3) is 0.368. The molecule has 2 aromatic rings. The third kappa shape index (κ3) is 3.70. The van der Waals surface area contributed by atoms with Gasteiger partial charge in [0.25, 0.3) is 5.91 Å². The van der Waals surface area contributed by atoms with Gasteiger partial charge in [0.15, 0.2) is 5.13 Å². The van der Waals surface area contributed by atoms with Crippen molar-refractivity contribution in [2.24, 2.45) is 0 Å². The highest BCUT2D eigenvalue weighted by Crippen LogP contribution is 2.31. The molecule has 8 nitrogen and oxygen atoms in total. The molecule has 1 fully saturated rings. The molecule has 1 aromatic carbocycles. The molecule has 0 bridgehead atoms. The number of thiazole rings is 1. The van der Waals surface area contributed by atoms with E-state index in [0.717, 1.165) is 26.8 Å². The second kappa shape index (κ2) is 7.59. The lowest BCUT2D eigenvalue weighted by molar-refractivity contribution is -0.133. The number of methoxy groups -OCH3 is 1. The van der Waals surface area contributed by atoms with Crippen LogP contribution in [0.1, 0.15) is 25.1 Å². The van der Waals surface area contributed by atoms with E-state index in [-0.39, 0.29) is 6.54 Å². The predicted octanol–water partition coefficient (Wildman–Crippen LogP) is 2.79. The van der Waals surface area contributed by atoms with Crippen LogP contribution in [0, 0.1) is 6.92 Å². The van der Waals surface area contributed by atoms with Gasteiger partial charge in [-0.05, 0) is 44.5 Å². The Bertz CT molecular complexity index is 925. The molecule has 9 heteroatoms. The monoisotopic (exact) mass is 402 g/mol. The molecule has 148 valence electrons. The largest absolute Gasteiger partial charge is 0.497 e. The molecule has 1 aromatic heterocycles. The van der Waals surface area contributed by atoms with Crippen LogP contribution in [0.15, 0.2) is 24.3 Å². The standard InChI is InChI=1S/C19H22N4O4S/c1-5-19(3)16(25)23(18(26)22-19)10-14(24)20-17-21-15(11(2)28-17)12-6-8-13(27-4)9-7-12/h6-9H,5,10H2,1-4H3,(H,22,26)(H,20,21,24)/t19-/m0/s1. The first-order valence-corrected chi connectivity index (χ1v) is 9.65. The maximum Gasteiger partial charge on any atom is 0.325 e. The van der Waals surface area contributed by atoms with Gasteiger partial charge >= 0.3 is 6.03 Å². The van der Waals surface area contributed by atoms with Crippen molar-refractivity contribution >= 4 is 34.3 Å². The molecule has 1 saturated heterocycles. The number of rotatable bonds is 6. The van der Waals surface area contributed by atoms with E-state index in [1.165, 1.54) is 11.3 Å². The number of amides is 4. The Balaban J connectivity index is 1.70. The second-order valence-corrected chi connectivity index (χ2v) is 7.91. The molecular weight excluding hydrogens is 380 g/mol. The first-order valence-electron chi connectivity index (χ1n) is 8.83. The molecular formula is C19H22N4O4S. The van der Waals surface area contributed by atoms with E-state index in [0.29, 0.717) is 11.6 Å². The maximum absolute atomic E-state index is 12.4. The van der Waals surface area contributed by atoms with Crippen molar-refractivity contribution in [1.82, 2.24) is 15.2 Å². The van der Waals surface area contributed by atoms with Gasteiger partial charge in [0, 0.05) is 10.4 Å². The first-order chi connectivity index (χ1) is 13.3. The van der Waals surface area contributed by atoms with Gasteiger partial charge in [-0.15, -0.1) is 11.3 Å². The van der Waals surface area contributed by atoms with Crippen molar-refractivity contribution in [2.45, 2.75) is 32.7 Å². The lowest BCUT2D eigenvalue weighted by Gasteiger charge is -2.18. The van der Waals surface area contributed by atoms with Crippen LogP contribution in [0.3, 0.4) is 0 Å². The minimum atomic E-state index is -0.962. The number of imide groups is 1. The molecule has 0 aliphatic carbocycles. The summed E-state index contributed by atoms with van der Waals surface area (Å²) in [6.45, 7) is 5.02. The average Bonchev–Trinajstić information content (AvgIpc) is 3.14. The summed E-state index contributed by atoms with van der Waals surface area (Å²) in [6, 6.07) is 6.92. The molecule has 1 aliphatic rings. The number of benzene rings is 1. The number of carbonyl (C=O) groups is 3. The van der Waals surface area contributed by atoms with E-state index >= 15 is 0 Å². The highest BCUT2D eigenvalue weighted by atomic mass is 32.1. The Morgan fingerprint density at radius 1 is 1.32 bits per heavy atom. The Hall–Kier alpha value is -2.94. The smallest absolute Gasteiger partial charge is 0.325 e. The van der Waals surface area contributed by atoms with Crippen LogP contribution in [0.5, 0.6) is 5.75 Å². The van der Waals surface area contributed by atoms with Gasteiger partial charge in [-0.2, -0.15) is 0 Å². The number of nitrogens with zero attached hydrogens (tertiary/aromatic N) is 2. The zero-order chi connectivity index (χ0) is 20.5. The number of carbonyl (C=O) groups excluding carboxylic acids is 3.